The summed E-state index contributed by atoms with van der Waals surface area (Å²) in [5, 5.41) is 10.4. The van der Waals surface area contributed by atoms with Crippen LogP contribution in [-0.2, 0) is 6.42 Å². The molecule has 0 amide bonds. The molecule has 0 bridgehead atoms. The molecule has 1 atom stereocenters. The topological polar surface area (TPSA) is 20.2 Å². The van der Waals surface area contributed by atoms with Crippen LogP contribution in [0, 0.1) is 0 Å². The first kappa shape index (κ1) is 14.8. The summed E-state index contributed by atoms with van der Waals surface area (Å²) in [6.45, 7) is 2.17. The Morgan fingerprint density at radius 2 is 1.74 bits per heavy atom. The number of halogens is 2. The number of rotatable bonds is 4. The number of aliphatic hydroxyl groups is 1. The Morgan fingerprint density at radius 1 is 1.05 bits per heavy atom. The highest BCUT2D eigenvalue weighted by atomic mass is 79.9. The number of aliphatic hydroxyl groups excluding tert-OH is 1. The Bertz CT molecular complexity index is 549. The van der Waals surface area contributed by atoms with Gasteiger partial charge in [0.05, 0.1) is 0 Å². The van der Waals surface area contributed by atoms with Gasteiger partial charge in [0.1, 0.15) is 6.10 Å². The summed E-state index contributed by atoms with van der Waals surface area (Å²) in [6.07, 6.45) is 1.62. The van der Waals surface area contributed by atoms with E-state index in [1.807, 2.05) is 30.3 Å². The van der Waals surface area contributed by atoms with Gasteiger partial charge in [-0.1, -0.05) is 75.5 Å². The molecule has 0 aliphatic heterocycles. The quantitative estimate of drug-likeness (QED) is 0.764. The third-order valence-corrected chi connectivity index (χ3v) is 4.27. The monoisotopic (exact) mass is 382 g/mol. The first-order valence-corrected chi connectivity index (χ1v) is 7.92. The largest absolute Gasteiger partial charge is 0.384 e. The molecular formula is C16H16Br2O. The van der Waals surface area contributed by atoms with Crippen molar-refractivity contribution in [1.29, 1.82) is 0 Å². The van der Waals surface area contributed by atoms with Crippen LogP contribution in [0.2, 0.25) is 0 Å². The van der Waals surface area contributed by atoms with Gasteiger partial charge < -0.3 is 5.11 Å². The minimum atomic E-state index is -0.599. The maximum Gasteiger partial charge on any atom is 0.105 e. The standard InChI is InChI=1S/C16H16Br2O/c1-2-3-11-4-6-12(7-5-11)16(19)14-9-8-13(17)10-15(14)18/h4-10,16,19H,2-3H2,1H3. The lowest BCUT2D eigenvalue weighted by molar-refractivity contribution is 0.219. The normalized spacial score (nSPS) is 12.4. The third-order valence-electron chi connectivity index (χ3n) is 3.09. The Balaban J connectivity index is 2.25. The van der Waals surface area contributed by atoms with E-state index in [0.717, 1.165) is 32.9 Å². The number of hydrogen-bond donors (Lipinski definition) is 1. The summed E-state index contributed by atoms with van der Waals surface area (Å²) in [5.74, 6) is 0. The molecule has 0 aliphatic rings. The summed E-state index contributed by atoms with van der Waals surface area (Å²) in [6, 6.07) is 14.0. The Hall–Kier alpha value is -0.640. The van der Waals surface area contributed by atoms with Crippen LogP contribution in [0.3, 0.4) is 0 Å². The molecule has 0 saturated heterocycles. The van der Waals surface area contributed by atoms with E-state index in [4.69, 9.17) is 0 Å². The van der Waals surface area contributed by atoms with Gasteiger partial charge in [0.2, 0.25) is 0 Å². The van der Waals surface area contributed by atoms with Gasteiger partial charge in [-0.3, -0.25) is 0 Å². The van der Waals surface area contributed by atoms with Crippen molar-refractivity contribution in [3.63, 3.8) is 0 Å². The average molecular weight is 384 g/mol. The first-order chi connectivity index (χ1) is 9.11. The maximum absolute atomic E-state index is 10.4. The molecule has 0 heterocycles. The Kier molecular flexibility index (Phi) is 5.20. The van der Waals surface area contributed by atoms with Crippen molar-refractivity contribution in [3.05, 3.63) is 68.1 Å². The molecule has 0 saturated carbocycles. The highest BCUT2D eigenvalue weighted by Crippen LogP contribution is 2.30. The summed E-state index contributed by atoms with van der Waals surface area (Å²) in [5.41, 5.74) is 3.11. The molecule has 0 aliphatic carbocycles. The number of aryl methyl sites for hydroxylation is 1. The van der Waals surface area contributed by atoms with E-state index in [-0.39, 0.29) is 0 Å². The van der Waals surface area contributed by atoms with Crippen LogP contribution in [0.4, 0.5) is 0 Å². The SMILES string of the molecule is CCCc1ccc(C(O)c2ccc(Br)cc2Br)cc1. The van der Waals surface area contributed by atoms with E-state index >= 15 is 0 Å². The van der Waals surface area contributed by atoms with Crippen molar-refractivity contribution in [3.8, 4) is 0 Å². The van der Waals surface area contributed by atoms with Crippen LogP contribution < -0.4 is 0 Å². The van der Waals surface area contributed by atoms with Gasteiger partial charge in [-0.15, -0.1) is 0 Å². The minimum absolute atomic E-state index is 0.599. The van der Waals surface area contributed by atoms with Gasteiger partial charge in [0.15, 0.2) is 0 Å². The van der Waals surface area contributed by atoms with E-state index in [2.05, 4.69) is 50.9 Å². The molecule has 100 valence electrons. The molecule has 1 nitrogen and oxygen atoms in total. The lowest BCUT2D eigenvalue weighted by Crippen LogP contribution is -2.01. The van der Waals surface area contributed by atoms with Crippen LogP contribution in [0.15, 0.2) is 51.4 Å². The molecule has 0 spiro atoms. The van der Waals surface area contributed by atoms with Crippen LogP contribution in [0.25, 0.3) is 0 Å². The van der Waals surface area contributed by atoms with Crippen LogP contribution >= 0.6 is 31.9 Å². The molecule has 3 heteroatoms. The van der Waals surface area contributed by atoms with Gasteiger partial charge in [-0.05, 0) is 35.2 Å². The zero-order valence-electron chi connectivity index (χ0n) is 10.7. The molecule has 2 aromatic carbocycles. The molecule has 0 radical (unpaired) electrons. The molecular weight excluding hydrogens is 368 g/mol. The van der Waals surface area contributed by atoms with Gasteiger partial charge in [0, 0.05) is 8.95 Å². The van der Waals surface area contributed by atoms with E-state index in [1.165, 1.54) is 5.56 Å². The maximum atomic E-state index is 10.4. The number of benzene rings is 2. The van der Waals surface area contributed by atoms with Crippen molar-refractivity contribution in [2.24, 2.45) is 0 Å². The Morgan fingerprint density at radius 3 is 2.32 bits per heavy atom. The van der Waals surface area contributed by atoms with E-state index in [0.29, 0.717) is 0 Å². The van der Waals surface area contributed by atoms with Crippen molar-refractivity contribution < 1.29 is 5.11 Å². The number of hydrogen-bond acceptors (Lipinski definition) is 1. The summed E-state index contributed by atoms with van der Waals surface area (Å²) in [7, 11) is 0. The third kappa shape index (κ3) is 3.68. The van der Waals surface area contributed by atoms with Gasteiger partial charge in [-0.25, -0.2) is 0 Å². The van der Waals surface area contributed by atoms with Gasteiger partial charge in [0.25, 0.3) is 0 Å². The lowest BCUT2D eigenvalue weighted by atomic mass is 9.99. The van der Waals surface area contributed by atoms with E-state index in [1.54, 1.807) is 0 Å². The predicted octanol–water partition coefficient (Wildman–Crippen LogP) is 5.25. The van der Waals surface area contributed by atoms with E-state index < -0.39 is 6.10 Å². The van der Waals surface area contributed by atoms with Crippen LogP contribution in [-0.4, -0.2) is 5.11 Å². The summed E-state index contributed by atoms with van der Waals surface area (Å²) < 4.78 is 1.90. The Labute approximate surface area is 130 Å². The van der Waals surface area contributed by atoms with Crippen LogP contribution in [0.1, 0.15) is 36.1 Å². The van der Waals surface area contributed by atoms with Crippen LogP contribution in [0.5, 0.6) is 0 Å². The average Bonchev–Trinajstić information content (AvgIpc) is 2.39. The molecule has 0 fully saturated rings. The summed E-state index contributed by atoms with van der Waals surface area (Å²) >= 11 is 6.91. The first-order valence-electron chi connectivity index (χ1n) is 6.33. The van der Waals surface area contributed by atoms with Crippen molar-refractivity contribution >= 4 is 31.9 Å². The highest BCUT2D eigenvalue weighted by Gasteiger charge is 2.13. The lowest BCUT2D eigenvalue weighted by Gasteiger charge is -2.14. The van der Waals surface area contributed by atoms with E-state index in [9.17, 15) is 5.11 Å². The van der Waals surface area contributed by atoms with Crippen molar-refractivity contribution in [1.82, 2.24) is 0 Å². The molecule has 19 heavy (non-hydrogen) atoms. The fourth-order valence-electron chi connectivity index (χ4n) is 2.06. The fourth-order valence-corrected chi connectivity index (χ4v) is 3.32. The summed E-state index contributed by atoms with van der Waals surface area (Å²) in [4.78, 5) is 0. The second kappa shape index (κ2) is 6.69. The second-order valence-corrected chi connectivity index (χ2v) is 6.33. The zero-order chi connectivity index (χ0) is 13.8. The van der Waals surface area contributed by atoms with Gasteiger partial charge >= 0.3 is 0 Å². The second-order valence-electron chi connectivity index (χ2n) is 4.56. The molecule has 1 N–H and O–H groups in total. The fraction of sp³-hybridized carbons (Fsp3) is 0.250. The van der Waals surface area contributed by atoms with Crippen molar-refractivity contribution in [2.75, 3.05) is 0 Å². The molecule has 2 rings (SSSR count). The zero-order valence-corrected chi connectivity index (χ0v) is 13.9. The smallest absolute Gasteiger partial charge is 0.105 e. The van der Waals surface area contributed by atoms with Gasteiger partial charge in [-0.2, -0.15) is 0 Å². The molecule has 0 aromatic heterocycles. The molecule has 2 aromatic rings. The molecule has 1 unspecified atom stereocenters. The predicted molar refractivity (Wildman–Crippen MR) is 86.3 cm³/mol. The van der Waals surface area contributed by atoms with Crippen molar-refractivity contribution in [2.45, 2.75) is 25.9 Å². The minimum Gasteiger partial charge on any atom is -0.384 e. The highest BCUT2D eigenvalue weighted by molar-refractivity contribution is 9.11.